The quantitative estimate of drug-likeness (QED) is 0.705. The molecule has 0 unspecified atom stereocenters. The Morgan fingerprint density at radius 1 is 1.07 bits per heavy atom. The highest BCUT2D eigenvalue weighted by molar-refractivity contribution is 9.10. The lowest BCUT2D eigenvalue weighted by Gasteiger charge is -2.22. The fourth-order valence-corrected chi connectivity index (χ4v) is 4.02. The van der Waals surface area contributed by atoms with E-state index in [4.69, 9.17) is 0 Å². The van der Waals surface area contributed by atoms with E-state index in [9.17, 15) is 31.5 Å². The standard InChI is InChI=1S/C17H15BrF3NO4S/c1-16(24,10-27(25,26)14-8-4-12(18)5-9-14)15(23)22-13-6-2-11(3-7-13)17(19,20)21/h2-9,24H,10H2,1H3,(H,22,23)/t16-/m1/s1. The summed E-state index contributed by atoms with van der Waals surface area (Å²) in [4.78, 5) is 12.1. The number of aliphatic hydroxyl groups is 1. The van der Waals surface area contributed by atoms with Gasteiger partial charge in [-0.1, -0.05) is 15.9 Å². The number of sulfone groups is 1. The minimum absolute atomic E-state index is 0.00526. The predicted octanol–water partition coefficient (Wildman–Crippen LogP) is 3.63. The van der Waals surface area contributed by atoms with Crippen molar-refractivity contribution in [3.63, 3.8) is 0 Å². The SMILES string of the molecule is C[C@@](O)(CS(=O)(=O)c1ccc(Br)cc1)C(=O)Nc1ccc(C(F)(F)F)cc1. The van der Waals surface area contributed by atoms with Crippen LogP contribution in [0.2, 0.25) is 0 Å². The third kappa shape index (κ3) is 5.53. The van der Waals surface area contributed by atoms with Gasteiger partial charge in [-0.25, -0.2) is 8.42 Å². The summed E-state index contributed by atoms with van der Waals surface area (Å²) in [5.74, 6) is -1.95. The number of rotatable bonds is 5. The van der Waals surface area contributed by atoms with Crippen molar-refractivity contribution in [2.24, 2.45) is 0 Å². The van der Waals surface area contributed by atoms with Crippen LogP contribution in [0.15, 0.2) is 57.9 Å². The molecule has 10 heteroatoms. The highest BCUT2D eigenvalue weighted by atomic mass is 79.9. The van der Waals surface area contributed by atoms with Crippen LogP contribution in [-0.4, -0.2) is 30.8 Å². The average Bonchev–Trinajstić information content (AvgIpc) is 2.54. The lowest BCUT2D eigenvalue weighted by atomic mass is 10.1. The van der Waals surface area contributed by atoms with Crippen LogP contribution in [0.25, 0.3) is 0 Å². The molecule has 0 radical (unpaired) electrons. The monoisotopic (exact) mass is 465 g/mol. The summed E-state index contributed by atoms with van der Waals surface area (Å²) in [6, 6.07) is 9.21. The molecule has 0 saturated heterocycles. The van der Waals surface area contributed by atoms with Gasteiger partial charge in [0.15, 0.2) is 15.4 Å². The molecule has 146 valence electrons. The van der Waals surface area contributed by atoms with E-state index in [2.05, 4.69) is 21.2 Å². The summed E-state index contributed by atoms with van der Waals surface area (Å²) in [6.07, 6.45) is -4.52. The molecule has 5 nitrogen and oxygen atoms in total. The van der Waals surface area contributed by atoms with Crippen molar-refractivity contribution in [1.29, 1.82) is 0 Å². The molecule has 27 heavy (non-hydrogen) atoms. The van der Waals surface area contributed by atoms with Crippen LogP contribution in [0.1, 0.15) is 12.5 Å². The molecule has 2 rings (SSSR count). The molecule has 0 spiro atoms. The van der Waals surface area contributed by atoms with E-state index in [0.717, 1.165) is 31.2 Å². The second-order valence-corrected chi connectivity index (χ2v) is 8.92. The zero-order valence-electron chi connectivity index (χ0n) is 13.9. The van der Waals surface area contributed by atoms with Crippen molar-refractivity contribution in [1.82, 2.24) is 0 Å². The van der Waals surface area contributed by atoms with Crippen molar-refractivity contribution in [3.8, 4) is 0 Å². The number of hydrogen-bond donors (Lipinski definition) is 2. The Kier molecular flexibility index (Phi) is 6.03. The molecular formula is C17H15BrF3NO4S. The maximum atomic E-state index is 12.5. The molecule has 2 N–H and O–H groups in total. The Morgan fingerprint density at radius 2 is 1.59 bits per heavy atom. The molecule has 0 aliphatic rings. The number of hydrogen-bond acceptors (Lipinski definition) is 4. The van der Waals surface area contributed by atoms with Gasteiger partial charge in [-0.05, 0) is 55.5 Å². The first-order valence-corrected chi connectivity index (χ1v) is 9.95. The molecule has 1 atom stereocenters. The molecule has 0 aliphatic heterocycles. The summed E-state index contributed by atoms with van der Waals surface area (Å²) in [5, 5.41) is 12.5. The van der Waals surface area contributed by atoms with Crippen LogP contribution in [-0.2, 0) is 20.8 Å². The van der Waals surface area contributed by atoms with Gasteiger partial charge in [0.2, 0.25) is 0 Å². The van der Waals surface area contributed by atoms with Crippen LogP contribution in [0.5, 0.6) is 0 Å². The van der Waals surface area contributed by atoms with Crippen LogP contribution >= 0.6 is 15.9 Å². The Morgan fingerprint density at radius 3 is 2.07 bits per heavy atom. The number of anilines is 1. The molecule has 0 fully saturated rings. The lowest BCUT2D eigenvalue weighted by molar-refractivity contribution is -0.137. The number of benzene rings is 2. The van der Waals surface area contributed by atoms with Gasteiger partial charge in [0.1, 0.15) is 0 Å². The Labute approximate surface area is 162 Å². The molecular weight excluding hydrogens is 451 g/mol. The van der Waals surface area contributed by atoms with Gasteiger partial charge in [0.25, 0.3) is 5.91 Å². The largest absolute Gasteiger partial charge is 0.416 e. The molecule has 0 aliphatic carbocycles. The first-order chi connectivity index (χ1) is 12.3. The van der Waals surface area contributed by atoms with Gasteiger partial charge in [0, 0.05) is 10.2 Å². The first kappa shape index (κ1) is 21.4. The molecule has 0 bridgehead atoms. The normalized spacial score (nSPS) is 14.4. The second kappa shape index (κ2) is 7.61. The summed E-state index contributed by atoms with van der Waals surface area (Å²) in [7, 11) is -3.98. The number of carbonyl (C=O) groups is 1. The zero-order valence-corrected chi connectivity index (χ0v) is 16.3. The predicted molar refractivity (Wildman–Crippen MR) is 96.9 cm³/mol. The van der Waals surface area contributed by atoms with Crippen molar-refractivity contribution in [2.75, 3.05) is 11.1 Å². The number of carbonyl (C=O) groups excluding carboxylic acids is 1. The first-order valence-electron chi connectivity index (χ1n) is 7.51. The third-order valence-corrected chi connectivity index (χ3v) is 6.06. The smallest absolute Gasteiger partial charge is 0.379 e. The zero-order chi connectivity index (χ0) is 20.5. The Bertz CT molecular complexity index is 924. The average molecular weight is 466 g/mol. The fourth-order valence-electron chi connectivity index (χ4n) is 2.17. The number of amides is 1. The third-order valence-electron chi connectivity index (χ3n) is 3.60. The van der Waals surface area contributed by atoms with Crippen LogP contribution in [0.3, 0.4) is 0 Å². The van der Waals surface area contributed by atoms with E-state index in [1.165, 1.54) is 24.3 Å². The molecule has 1 amide bonds. The van der Waals surface area contributed by atoms with Crippen molar-refractivity contribution < 1.29 is 31.5 Å². The van der Waals surface area contributed by atoms with E-state index in [0.29, 0.717) is 4.47 Å². The van der Waals surface area contributed by atoms with E-state index in [1.807, 2.05) is 0 Å². The molecule has 0 heterocycles. The topological polar surface area (TPSA) is 83.5 Å². The van der Waals surface area contributed by atoms with Gasteiger partial charge in [-0.2, -0.15) is 13.2 Å². The summed E-state index contributed by atoms with van der Waals surface area (Å²) in [5.41, 5.74) is -3.20. The van der Waals surface area contributed by atoms with E-state index in [1.54, 1.807) is 0 Å². The van der Waals surface area contributed by atoms with E-state index < -0.39 is 38.8 Å². The molecule has 0 aromatic heterocycles. The van der Waals surface area contributed by atoms with Crippen molar-refractivity contribution in [2.45, 2.75) is 23.6 Å². The second-order valence-electron chi connectivity index (χ2n) is 6.02. The summed E-state index contributed by atoms with van der Waals surface area (Å²) in [6.45, 7) is 1.02. The van der Waals surface area contributed by atoms with E-state index in [-0.39, 0.29) is 10.6 Å². The van der Waals surface area contributed by atoms with Crippen LogP contribution in [0.4, 0.5) is 18.9 Å². The van der Waals surface area contributed by atoms with Crippen molar-refractivity contribution >= 4 is 37.4 Å². The van der Waals surface area contributed by atoms with Crippen molar-refractivity contribution in [3.05, 3.63) is 58.6 Å². The van der Waals surface area contributed by atoms with E-state index >= 15 is 0 Å². The molecule has 2 aromatic rings. The summed E-state index contributed by atoms with van der Waals surface area (Å²) >= 11 is 3.17. The maximum Gasteiger partial charge on any atom is 0.416 e. The molecule has 0 saturated carbocycles. The van der Waals surface area contributed by atoms with Gasteiger partial charge in [-0.3, -0.25) is 4.79 Å². The number of halogens is 4. The fraction of sp³-hybridized carbons (Fsp3) is 0.235. The molecule has 2 aromatic carbocycles. The van der Waals surface area contributed by atoms with Gasteiger partial charge >= 0.3 is 6.18 Å². The van der Waals surface area contributed by atoms with Gasteiger partial charge in [-0.15, -0.1) is 0 Å². The lowest BCUT2D eigenvalue weighted by Crippen LogP contribution is -2.45. The Hall–Kier alpha value is -1.91. The minimum atomic E-state index is -4.52. The van der Waals surface area contributed by atoms with Gasteiger partial charge < -0.3 is 10.4 Å². The highest BCUT2D eigenvalue weighted by Crippen LogP contribution is 2.30. The highest BCUT2D eigenvalue weighted by Gasteiger charge is 2.37. The van der Waals surface area contributed by atoms with Crippen LogP contribution in [0, 0.1) is 0 Å². The van der Waals surface area contributed by atoms with Crippen LogP contribution < -0.4 is 5.32 Å². The number of nitrogens with one attached hydrogen (secondary N) is 1. The Balaban J connectivity index is 2.13. The maximum absolute atomic E-state index is 12.5. The summed E-state index contributed by atoms with van der Waals surface area (Å²) < 4.78 is 63.1. The van der Waals surface area contributed by atoms with Gasteiger partial charge in [0.05, 0.1) is 16.2 Å². The minimum Gasteiger partial charge on any atom is -0.379 e. The number of alkyl halides is 3.